The van der Waals surface area contributed by atoms with Crippen molar-refractivity contribution >= 4 is 23.9 Å². The number of rotatable bonds is 10. The standard InChI is InChI=1S/C27H41NO8/c1-10-17(2)21(29)34-14-13-27(28,24(32)33-9)16-18-11-12-19(35-22(30)25(3,4)5)20(15-18)36-23(31)26(6,7)8/h11-12,15,17H,10,13-14,16,28H2,1-9H3/t17-,27?/m0/s1. The van der Waals surface area contributed by atoms with Crippen LogP contribution in [0.4, 0.5) is 0 Å². The van der Waals surface area contributed by atoms with Crippen LogP contribution in [0.2, 0.25) is 0 Å². The second-order valence-electron chi connectivity index (χ2n) is 11.1. The SMILES string of the molecule is CC[C@H](C)C(=O)OCCC(N)(Cc1ccc(OC(=O)C(C)(C)C)c(OC(=O)C(C)(C)C)c1)C(=O)OC. The van der Waals surface area contributed by atoms with E-state index >= 15 is 0 Å². The molecule has 0 heterocycles. The summed E-state index contributed by atoms with van der Waals surface area (Å²) < 4.78 is 21.3. The predicted molar refractivity (Wildman–Crippen MR) is 134 cm³/mol. The third-order valence-corrected chi connectivity index (χ3v) is 5.56. The summed E-state index contributed by atoms with van der Waals surface area (Å²) in [4.78, 5) is 49.7. The van der Waals surface area contributed by atoms with Gasteiger partial charge < -0.3 is 24.7 Å². The van der Waals surface area contributed by atoms with Gasteiger partial charge in [0, 0.05) is 12.8 Å². The lowest BCUT2D eigenvalue weighted by atomic mass is 9.88. The zero-order valence-corrected chi connectivity index (χ0v) is 23.0. The van der Waals surface area contributed by atoms with E-state index in [1.807, 2.05) is 6.92 Å². The third kappa shape index (κ3) is 8.93. The Hall–Kier alpha value is -2.94. The Bertz CT molecular complexity index is 958. The molecule has 1 aromatic rings. The smallest absolute Gasteiger partial charge is 0.326 e. The van der Waals surface area contributed by atoms with Crippen LogP contribution in [0, 0.1) is 16.7 Å². The highest BCUT2D eigenvalue weighted by Crippen LogP contribution is 2.33. The van der Waals surface area contributed by atoms with Gasteiger partial charge in [0.25, 0.3) is 0 Å². The lowest BCUT2D eigenvalue weighted by Gasteiger charge is -2.27. The predicted octanol–water partition coefficient (Wildman–Crippen LogP) is 3.98. The van der Waals surface area contributed by atoms with Crippen molar-refractivity contribution in [1.82, 2.24) is 0 Å². The fraction of sp³-hybridized carbons (Fsp3) is 0.630. The Morgan fingerprint density at radius 2 is 1.42 bits per heavy atom. The van der Waals surface area contributed by atoms with Crippen LogP contribution in [-0.4, -0.2) is 43.1 Å². The summed E-state index contributed by atoms with van der Waals surface area (Å²) in [5.41, 5.74) is 3.83. The van der Waals surface area contributed by atoms with Gasteiger partial charge in [-0.15, -0.1) is 0 Å². The van der Waals surface area contributed by atoms with E-state index in [1.54, 1.807) is 54.5 Å². The first-order chi connectivity index (χ1) is 16.4. The van der Waals surface area contributed by atoms with Gasteiger partial charge in [0.15, 0.2) is 11.5 Å². The quantitative estimate of drug-likeness (QED) is 0.369. The molecule has 2 N–H and O–H groups in total. The van der Waals surface area contributed by atoms with Gasteiger partial charge in [-0.2, -0.15) is 0 Å². The van der Waals surface area contributed by atoms with Crippen molar-refractivity contribution < 1.29 is 38.1 Å². The van der Waals surface area contributed by atoms with E-state index in [9.17, 15) is 19.2 Å². The second kappa shape index (κ2) is 12.3. The summed E-state index contributed by atoms with van der Waals surface area (Å²) in [5, 5.41) is 0. The average Bonchev–Trinajstić information content (AvgIpc) is 2.77. The van der Waals surface area contributed by atoms with Crippen molar-refractivity contribution in [1.29, 1.82) is 0 Å². The van der Waals surface area contributed by atoms with E-state index in [4.69, 9.17) is 24.7 Å². The molecule has 202 valence electrons. The molecule has 0 saturated heterocycles. The molecule has 1 aromatic carbocycles. The zero-order chi connectivity index (χ0) is 27.9. The Balaban J connectivity index is 3.27. The van der Waals surface area contributed by atoms with E-state index in [1.165, 1.54) is 19.2 Å². The van der Waals surface area contributed by atoms with E-state index in [2.05, 4.69) is 0 Å². The summed E-state index contributed by atoms with van der Waals surface area (Å²) in [6, 6.07) is 4.62. The summed E-state index contributed by atoms with van der Waals surface area (Å²) >= 11 is 0. The van der Waals surface area contributed by atoms with Crippen LogP contribution in [-0.2, 0) is 35.1 Å². The molecule has 0 saturated carbocycles. The molecule has 9 heteroatoms. The number of benzene rings is 1. The summed E-state index contributed by atoms with van der Waals surface area (Å²) in [6.07, 6.45) is 0.639. The Labute approximate surface area is 214 Å². The zero-order valence-electron chi connectivity index (χ0n) is 23.0. The monoisotopic (exact) mass is 507 g/mol. The number of carbonyl (C=O) groups excluding carboxylic acids is 4. The van der Waals surface area contributed by atoms with Gasteiger partial charge in [-0.05, 0) is 65.7 Å². The van der Waals surface area contributed by atoms with Crippen molar-refractivity contribution in [2.24, 2.45) is 22.5 Å². The van der Waals surface area contributed by atoms with Gasteiger partial charge in [-0.25, -0.2) is 0 Å². The molecule has 0 bridgehead atoms. The van der Waals surface area contributed by atoms with Crippen molar-refractivity contribution in [3.63, 3.8) is 0 Å². The van der Waals surface area contributed by atoms with Crippen LogP contribution in [0.25, 0.3) is 0 Å². The summed E-state index contributed by atoms with van der Waals surface area (Å²) in [6.45, 7) is 13.8. The second-order valence-corrected chi connectivity index (χ2v) is 11.1. The highest BCUT2D eigenvalue weighted by Gasteiger charge is 2.36. The lowest BCUT2D eigenvalue weighted by molar-refractivity contribution is -0.153. The van der Waals surface area contributed by atoms with Crippen molar-refractivity contribution in [2.45, 2.75) is 80.2 Å². The number of carbonyl (C=O) groups is 4. The van der Waals surface area contributed by atoms with Crippen LogP contribution in [0.1, 0.15) is 73.8 Å². The van der Waals surface area contributed by atoms with Crippen LogP contribution in [0.3, 0.4) is 0 Å². The molecule has 1 unspecified atom stereocenters. The van der Waals surface area contributed by atoms with E-state index in [0.717, 1.165) is 0 Å². The van der Waals surface area contributed by atoms with Gasteiger partial charge >= 0.3 is 23.9 Å². The lowest BCUT2D eigenvalue weighted by Crippen LogP contribution is -2.51. The minimum absolute atomic E-state index is 0.00583. The Kier molecular flexibility index (Phi) is 10.7. The van der Waals surface area contributed by atoms with E-state index in [0.29, 0.717) is 12.0 Å². The molecule has 0 aliphatic carbocycles. The maximum absolute atomic E-state index is 12.6. The molecule has 0 aliphatic heterocycles. The minimum atomic E-state index is -1.51. The number of nitrogens with two attached hydrogens (primary N) is 1. The molecule has 0 radical (unpaired) electrons. The first-order valence-electron chi connectivity index (χ1n) is 12.1. The topological polar surface area (TPSA) is 131 Å². The molecular formula is C27H41NO8. The van der Waals surface area contributed by atoms with Gasteiger partial charge in [-0.1, -0.05) is 19.9 Å². The van der Waals surface area contributed by atoms with Crippen molar-refractivity contribution in [3.8, 4) is 11.5 Å². The van der Waals surface area contributed by atoms with Crippen molar-refractivity contribution in [3.05, 3.63) is 23.8 Å². The molecule has 9 nitrogen and oxygen atoms in total. The van der Waals surface area contributed by atoms with Gasteiger partial charge in [-0.3, -0.25) is 19.2 Å². The van der Waals surface area contributed by atoms with E-state index in [-0.39, 0.29) is 42.8 Å². The molecule has 36 heavy (non-hydrogen) atoms. The van der Waals surface area contributed by atoms with Crippen molar-refractivity contribution in [2.75, 3.05) is 13.7 Å². The number of hydrogen-bond acceptors (Lipinski definition) is 9. The molecule has 2 atom stereocenters. The molecule has 0 aliphatic rings. The van der Waals surface area contributed by atoms with Gasteiger partial charge in [0.2, 0.25) is 0 Å². The van der Waals surface area contributed by atoms with Crippen LogP contribution < -0.4 is 15.2 Å². The number of esters is 4. The van der Waals surface area contributed by atoms with Gasteiger partial charge in [0.1, 0.15) is 5.54 Å². The maximum atomic E-state index is 12.6. The fourth-order valence-corrected chi connectivity index (χ4v) is 2.81. The molecular weight excluding hydrogens is 466 g/mol. The average molecular weight is 508 g/mol. The first kappa shape index (κ1) is 31.1. The fourth-order valence-electron chi connectivity index (χ4n) is 2.81. The Morgan fingerprint density at radius 3 is 1.89 bits per heavy atom. The molecule has 0 spiro atoms. The summed E-state index contributed by atoms with van der Waals surface area (Å²) in [5.74, 6) is -2.26. The van der Waals surface area contributed by atoms with Crippen LogP contribution in [0.15, 0.2) is 18.2 Å². The molecule has 0 fully saturated rings. The molecule has 1 rings (SSSR count). The largest absolute Gasteiger partial charge is 0.468 e. The van der Waals surface area contributed by atoms with Crippen LogP contribution >= 0.6 is 0 Å². The van der Waals surface area contributed by atoms with E-state index < -0.39 is 34.3 Å². The maximum Gasteiger partial charge on any atom is 0.326 e. The van der Waals surface area contributed by atoms with Crippen LogP contribution in [0.5, 0.6) is 11.5 Å². The Morgan fingerprint density at radius 1 is 0.889 bits per heavy atom. The first-order valence-corrected chi connectivity index (χ1v) is 12.1. The third-order valence-electron chi connectivity index (χ3n) is 5.56. The normalized spacial score (nSPS) is 14.3. The highest BCUT2D eigenvalue weighted by atomic mass is 16.6. The molecule has 0 amide bonds. The summed E-state index contributed by atoms with van der Waals surface area (Å²) in [7, 11) is 1.22. The molecule has 0 aromatic heterocycles. The number of ether oxygens (including phenoxy) is 4. The van der Waals surface area contributed by atoms with Gasteiger partial charge in [0.05, 0.1) is 30.5 Å². The highest BCUT2D eigenvalue weighted by molar-refractivity contribution is 5.82. The number of methoxy groups -OCH3 is 1. The minimum Gasteiger partial charge on any atom is -0.468 e. The number of hydrogen-bond donors (Lipinski definition) is 1.